The van der Waals surface area contributed by atoms with Gasteiger partial charge in [-0.1, -0.05) is 30.3 Å². The lowest BCUT2D eigenvalue weighted by Crippen LogP contribution is -2.16. The molecule has 0 bridgehead atoms. The Bertz CT molecular complexity index is 674. The summed E-state index contributed by atoms with van der Waals surface area (Å²) in [4.78, 5) is 0. The summed E-state index contributed by atoms with van der Waals surface area (Å²) in [6.45, 7) is 1.93. The molecule has 0 fully saturated rings. The van der Waals surface area contributed by atoms with Crippen molar-refractivity contribution in [2.75, 3.05) is 0 Å². The molecule has 0 aliphatic heterocycles. The molecule has 90 valence electrons. The van der Waals surface area contributed by atoms with Crippen LogP contribution in [0.1, 0.15) is 23.1 Å². The first-order valence-corrected chi connectivity index (χ1v) is 5.75. The van der Waals surface area contributed by atoms with E-state index in [1.165, 1.54) is 0 Å². The molecule has 18 heavy (non-hydrogen) atoms. The minimum Gasteiger partial charge on any atom is -0.318 e. The SMILES string of the molecule is Cc1ccc2nnc(C(N)c3ccccc3)n2n1. The Kier molecular flexibility index (Phi) is 2.53. The maximum absolute atomic E-state index is 6.21. The van der Waals surface area contributed by atoms with Gasteiger partial charge in [0.05, 0.1) is 11.7 Å². The van der Waals surface area contributed by atoms with Crippen LogP contribution in [0, 0.1) is 6.92 Å². The van der Waals surface area contributed by atoms with E-state index in [-0.39, 0.29) is 6.04 Å². The fourth-order valence-electron chi connectivity index (χ4n) is 1.90. The van der Waals surface area contributed by atoms with Gasteiger partial charge in [-0.15, -0.1) is 10.2 Å². The van der Waals surface area contributed by atoms with E-state index in [0.29, 0.717) is 11.5 Å². The summed E-state index contributed by atoms with van der Waals surface area (Å²) in [5.74, 6) is 0.653. The topological polar surface area (TPSA) is 69.1 Å². The molecule has 5 heteroatoms. The average molecular weight is 239 g/mol. The highest BCUT2D eigenvalue weighted by atomic mass is 15.4. The number of aryl methyl sites for hydroxylation is 1. The number of nitrogens with zero attached hydrogens (tertiary/aromatic N) is 4. The predicted octanol–water partition coefficient (Wildman–Crippen LogP) is 1.48. The molecule has 3 rings (SSSR count). The molecule has 5 nitrogen and oxygen atoms in total. The summed E-state index contributed by atoms with van der Waals surface area (Å²) in [6.07, 6.45) is 0. The van der Waals surface area contributed by atoms with E-state index in [9.17, 15) is 0 Å². The molecule has 1 unspecified atom stereocenters. The van der Waals surface area contributed by atoms with E-state index in [2.05, 4.69) is 15.3 Å². The van der Waals surface area contributed by atoms with Gasteiger partial charge in [0.15, 0.2) is 11.5 Å². The summed E-state index contributed by atoms with van der Waals surface area (Å²) in [5.41, 5.74) is 8.83. The summed E-state index contributed by atoms with van der Waals surface area (Å²) < 4.78 is 1.70. The number of nitrogens with two attached hydrogens (primary N) is 1. The first kappa shape index (κ1) is 10.9. The van der Waals surface area contributed by atoms with Gasteiger partial charge in [-0.2, -0.15) is 9.61 Å². The second-order valence-electron chi connectivity index (χ2n) is 4.19. The molecule has 0 spiro atoms. The largest absolute Gasteiger partial charge is 0.318 e. The van der Waals surface area contributed by atoms with Crippen molar-refractivity contribution in [2.45, 2.75) is 13.0 Å². The van der Waals surface area contributed by atoms with Crippen LogP contribution in [-0.4, -0.2) is 19.8 Å². The third kappa shape index (κ3) is 1.74. The zero-order valence-corrected chi connectivity index (χ0v) is 9.99. The Labute approximate surface area is 104 Å². The Morgan fingerprint density at radius 1 is 1.06 bits per heavy atom. The van der Waals surface area contributed by atoms with Crippen molar-refractivity contribution in [2.24, 2.45) is 5.73 Å². The van der Waals surface area contributed by atoms with Crippen molar-refractivity contribution in [3.8, 4) is 0 Å². The summed E-state index contributed by atoms with van der Waals surface area (Å²) in [7, 11) is 0. The van der Waals surface area contributed by atoms with Crippen LogP contribution in [-0.2, 0) is 0 Å². The molecule has 2 heterocycles. The van der Waals surface area contributed by atoms with Crippen LogP contribution in [0.25, 0.3) is 5.65 Å². The van der Waals surface area contributed by atoms with Crippen LogP contribution in [0.5, 0.6) is 0 Å². The molecular formula is C13H13N5. The van der Waals surface area contributed by atoms with Crippen molar-refractivity contribution in [3.05, 3.63) is 59.5 Å². The second-order valence-corrected chi connectivity index (χ2v) is 4.19. The maximum Gasteiger partial charge on any atom is 0.178 e. The quantitative estimate of drug-likeness (QED) is 0.735. The summed E-state index contributed by atoms with van der Waals surface area (Å²) >= 11 is 0. The monoisotopic (exact) mass is 239 g/mol. The predicted molar refractivity (Wildman–Crippen MR) is 68.0 cm³/mol. The normalized spacial score (nSPS) is 12.8. The van der Waals surface area contributed by atoms with Gasteiger partial charge in [0.1, 0.15) is 0 Å². The average Bonchev–Trinajstić information content (AvgIpc) is 2.82. The van der Waals surface area contributed by atoms with E-state index >= 15 is 0 Å². The standard InChI is InChI=1S/C13H13N5/c1-9-7-8-11-15-16-13(18(11)17-9)12(14)10-5-3-2-4-6-10/h2-8,12H,14H2,1H3. The van der Waals surface area contributed by atoms with Crippen molar-refractivity contribution < 1.29 is 0 Å². The Morgan fingerprint density at radius 3 is 2.61 bits per heavy atom. The van der Waals surface area contributed by atoms with Gasteiger partial charge in [-0.25, -0.2) is 0 Å². The number of benzene rings is 1. The van der Waals surface area contributed by atoms with Crippen LogP contribution in [0.4, 0.5) is 0 Å². The highest BCUT2D eigenvalue weighted by Crippen LogP contribution is 2.17. The lowest BCUT2D eigenvalue weighted by Gasteiger charge is -2.09. The third-order valence-electron chi connectivity index (χ3n) is 2.86. The zero-order valence-electron chi connectivity index (χ0n) is 9.99. The van der Waals surface area contributed by atoms with Gasteiger partial charge in [0, 0.05) is 0 Å². The molecule has 2 N–H and O–H groups in total. The maximum atomic E-state index is 6.21. The molecule has 0 aliphatic rings. The molecule has 0 amide bonds. The summed E-state index contributed by atoms with van der Waals surface area (Å²) in [6, 6.07) is 13.3. The number of hydrogen-bond donors (Lipinski definition) is 1. The smallest absolute Gasteiger partial charge is 0.178 e. The van der Waals surface area contributed by atoms with E-state index < -0.39 is 0 Å². The van der Waals surface area contributed by atoms with Gasteiger partial charge in [-0.05, 0) is 24.6 Å². The number of hydrogen-bond acceptors (Lipinski definition) is 4. The molecule has 1 atom stereocenters. The molecule has 0 saturated carbocycles. The number of fused-ring (bicyclic) bond motifs is 1. The second kappa shape index (κ2) is 4.19. The number of rotatable bonds is 2. The molecule has 3 aromatic rings. The van der Waals surface area contributed by atoms with Crippen LogP contribution in [0.15, 0.2) is 42.5 Å². The molecule has 2 aromatic heterocycles. The lowest BCUT2D eigenvalue weighted by molar-refractivity contribution is 0.721. The number of aromatic nitrogens is 4. The summed E-state index contributed by atoms with van der Waals surface area (Å²) in [5, 5.41) is 12.6. The third-order valence-corrected chi connectivity index (χ3v) is 2.86. The van der Waals surface area contributed by atoms with E-state index in [0.717, 1.165) is 11.3 Å². The van der Waals surface area contributed by atoms with Crippen molar-refractivity contribution >= 4 is 5.65 Å². The molecule has 0 saturated heterocycles. The first-order chi connectivity index (χ1) is 8.75. The molecule has 1 aromatic carbocycles. The molecule has 0 aliphatic carbocycles. The van der Waals surface area contributed by atoms with Gasteiger partial charge >= 0.3 is 0 Å². The van der Waals surface area contributed by atoms with E-state index in [4.69, 9.17) is 5.73 Å². The first-order valence-electron chi connectivity index (χ1n) is 5.75. The van der Waals surface area contributed by atoms with Crippen LogP contribution in [0.2, 0.25) is 0 Å². The minimum absolute atomic E-state index is 0.324. The fraction of sp³-hybridized carbons (Fsp3) is 0.154. The minimum atomic E-state index is -0.324. The highest BCUT2D eigenvalue weighted by Gasteiger charge is 2.16. The van der Waals surface area contributed by atoms with Crippen molar-refractivity contribution in [1.29, 1.82) is 0 Å². The van der Waals surface area contributed by atoms with Crippen molar-refractivity contribution in [1.82, 2.24) is 19.8 Å². The lowest BCUT2D eigenvalue weighted by atomic mass is 10.1. The molecule has 0 radical (unpaired) electrons. The van der Waals surface area contributed by atoms with Crippen LogP contribution in [0.3, 0.4) is 0 Å². The van der Waals surface area contributed by atoms with Gasteiger partial charge in [0.2, 0.25) is 0 Å². The Morgan fingerprint density at radius 2 is 1.83 bits per heavy atom. The van der Waals surface area contributed by atoms with Gasteiger partial charge in [-0.3, -0.25) is 0 Å². The zero-order chi connectivity index (χ0) is 12.5. The Balaban J connectivity index is 2.12. The van der Waals surface area contributed by atoms with Gasteiger partial charge in [0.25, 0.3) is 0 Å². The van der Waals surface area contributed by atoms with E-state index in [1.54, 1.807) is 4.52 Å². The Hall–Kier alpha value is -2.27. The van der Waals surface area contributed by atoms with E-state index in [1.807, 2.05) is 49.4 Å². The highest BCUT2D eigenvalue weighted by molar-refractivity contribution is 5.38. The van der Waals surface area contributed by atoms with Crippen molar-refractivity contribution in [3.63, 3.8) is 0 Å². The van der Waals surface area contributed by atoms with Crippen LogP contribution < -0.4 is 5.73 Å². The van der Waals surface area contributed by atoms with Gasteiger partial charge < -0.3 is 5.73 Å². The van der Waals surface area contributed by atoms with Crippen LogP contribution >= 0.6 is 0 Å². The molecular weight excluding hydrogens is 226 g/mol. The fourth-order valence-corrected chi connectivity index (χ4v) is 1.90.